The first-order valence-corrected chi connectivity index (χ1v) is 11.0. The molecule has 0 aliphatic carbocycles. The van der Waals surface area contributed by atoms with Crippen LogP contribution >= 0.6 is 34.4 Å². The van der Waals surface area contributed by atoms with E-state index in [0.717, 1.165) is 44.7 Å². The molecule has 1 aliphatic rings. The Morgan fingerprint density at radius 3 is 3.00 bits per heavy atom. The van der Waals surface area contributed by atoms with Gasteiger partial charge in [0.05, 0.1) is 5.54 Å². The van der Waals surface area contributed by atoms with E-state index in [4.69, 9.17) is 4.98 Å². The van der Waals surface area contributed by atoms with Gasteiger partial charge in [-0.25, -0.2) is 15.0 Å². The van der Waals surface area contributed by atoms with Crippen LogP contribution < -0.4 is 5.32 Å². The zero-order valence-electron chi connectivity index (χ0n) is 15.1. The van der Waals surface area contributed by atoms with Crippen LogP contribution in [0, 0.1) is 3.83 Å². The number of benzene rings is 1. The van der Waals surface area contributed by atoms with Crippen LogP contribution in [0.15, 0.2) is 35.6 Å². The van der Waals surface area contributed by atoms with Gasteiger partial charge >= 0.3 is 0 Å². The van der Waals surface area contributed by atoms with E-state index in [1.54, 1.807) is 11.8 Å². The van der Waals surface area contributed by atoms with Crippen LogP contribution in [-0.4, -0.2) is 36.8 Å². The van der Waals surface area contributed by atoms with Crippen LogP contribution in [0.1, 0.15) is 19.4 Å². The minimum absolute atomic E-state index is 0.0213. The number of rotatable bonds is 4. The molecule has 0 atom stereocenters. The third kappa shape index (κ3) is 2.89. The molecule has 0 bridgehead atoms. The summed E-state index contributed by atoms with van der Waals surface area (Å²) in [5.41, 5.74) is 4.30. The third-order valence-corrected chi connectivity index (χ3v) is 6.84. The molecule has 6 nitrogen and oxygen atoms in total. The van der Waals surface area contributed by atoms with E-state index in [1.807, 2.05) is 0 Å². The average Bonchev–Trinajstić information content (AvgIpc) is 3.29. The summed E-state index contributed by atoms with van der Waals surface area (Å²) in [7, 11) is 0. The molecular formula is C19H19IN6S. The Balaban J connectivity index is 1.44. The lowest BCUT2D eigenvalue weighted by atomic mass is 10.1. The van der Waals surface area contributed by atoms with Gasteiger partial charge in [-0.1, -0.05) is 30.0 Å². The first-order chi connectivity index (χ1) is 13.0. The van der Waals surface area contributed by atoms with E-state index in [-0.39, 0.29) is 5.54 Å². The summed E-state index contributed by atoms with van der Waals surface area (Å²) >= 11 is 3.97. The standard InChI is InChI=1S/C19H19IN6S/c1-19(2)10-27-18-23-14-15(24-17(20)25-16(14)26(18)19)21-8-7-11-9-22-13-6-4-3-5-12(11)13/h3-6,9,22H,7-8,10H2,1-2H3,(H,21,24,25). The molecule has 27 heavy (non-hydrogen) atoms. The highest BCUT2D eigenvalue weighted by molar-refractivity contribution is 14.1. The van der Waals surface area contributed by atoms with Crippen molar-refractivity contribution in [2.45, 2.75) is 31.0 Å². The fourth-order valence-corrected chi connectivity index (χ4v) is 5.34. The van der Waals surface area contributed by atoms with Crippen LogP contribution in [0.2, 0.25) is 0 Å². The second kappa shape index (κ2) is 6.37. The van der Waals surface area contributed by atoms with Crippen molar-refractivity contribution >= 4 is 62.2 Å². The van der Waals surface area contributed by atoms with Crippen molar-refractivity contribution in [3.63, 3.8) is 0 Å². The van der Waals surface area contributed by atoms with Gasteiger partial charge in [0.15, 0.2) is 26.0 Å². The molecule has 0 saturated heterocycles. The number of aromatic nitrogens is 5. The van der Waals surface area contributed by atoms with Crippen LogP contribution in [0.5, 0.6) is 0 Å². The van der Waals surface area contributed by atoms with Gasteiger partial charge < -0.3 is 10.3 Å². The van der Waals surface area contributed by atoms with Crippen molar-refractivity contribution in [2.24, 2.45) is 0 Å². The van der Waals surface area contributed by atoms with Gasteiger partial charge in [-0.3, -0.25) is 4.57 Å². The van der Waals surface area contributed by atoms with Crippen LogP contribution in [0.4, 0.5) is 5.82 Å². The molecule has 1 aromatic carbocycles. The molecule has 4 heterocycles. The number of fused-ring (bicyclic) bond motifs is 4. The Morgan fingerprint density at radius 2 is 2.11 bits per heavy atom. The molecule has 138 valence electrons. The number of thioether (sulfide) groups is 1. The van der Waals surface area contributed by atoms with E-state index in [9.17, 15) is 0 Å². The number of aromatic amines is 1. The fourth-order valence-electron chi connectivity index (χ4n) is 3.64. The lowest BCUT2D eigenvalue weighted by molar-refractivity contribution is 0.404. The first kappa shape index (κ1) is 17.3. The number of halogens is 1. The molecule has 1 aliphatic heterocycles. The smallest absolute Gasteiger partial charge is 0.194 e. The molecule has 0 spiro atoms. The monoisotopic (exact) mass is 490 g/mol. The van der Waals surface area contributed by atoms with E-state index in [2.05, 4.69) is 91.7 Å². The number of hydrogen-bond donors (Lipinski definition) is 2. The zero-order chi connectivity index (χ0) is 18.6. The molecule has 2 N–H and O–H groups in total. The van der Waals surface area contributed by atoms with Crippen LogP contribution in [0.3, 0.4) is 0 Å². The molecular weight excluding hydrogens is 471 g/mol. The Morgan fingerprint density at radius 1 is 1.26 bits per heavy atom. The Bertz CT molecular complexity index is 1160. The van der Waals surface area contributed by atoms with Crippen molar-refractivity contribution in [3.8, 4) is 0 Å². The second-order valence-corrected chi connectivity index (χ2v) is 9.29. The second-order valence-electron chi connectivity index (χ2n) is 7.38. The summed E-state index contributed by atoms with van der Waals surface area (Å²) in [6.07, 6.45) is 3.01. The number of anilines is 1. The van der Waals surface area contributed by atoms with Crippen molar-refractivity contribution in [1.82, 2.24) is 24.5 Å². The Hall–Kier alpha value is -1.81. The molecule has 4 aromatic rings. The van der Waals surface area contributed by atoms with Gasteiger partial charge in [-0.15, -0.1) is 0 Å². The lowest BCUT2D eigenvalue weighted by Crippen LogP contribution is -2.24. The van der Waals surface area contributed by atoms with Gasteiger partial charge in [0.2, 0.25) is 0 Å². The maximum Gasteiger partial charge on any atom is 0.194 e. The third-order valence-electron chi connectivity index (χ3n) is 4.97. The SMILES string of the molecule is CC1(C)CSc2nc3c(NCCc4c[nH]c5ccccc45)nc(I)nc3n21. The molecule has 8 heteroatoms. The summed E-state index contributed by atoms with van der Waals surface area (Å²) in [6.45, 7) is 5.26. The fraction of sp³-hybridized carbons (Fsp3) is 0.316. The highest BCUT2D eigenvalue weighted by Gasteiger charge is 2.34. The van der Waals surface area contributed by atoms with E-state index >= 15 is 0 Å². The predicted octanol–water partition coefficient (Wildman–Crippen LogP) is 4.41. The summed E-state index contributed by atoms with van der Waals surface area (Å²) in [4.78, 5) is 17.5. The van der Waals surface area contributed by atoms with Gasteiger partial charge in [0.1, 0.15) is 0 Å². The predicted molar refractivity (Wildman–Crippen MR) is 119 cm³/mol. The average molecular weight is 490 g/mol. The normalized spacial score (nSPS) is 15.5. The molecule has 0 amide bonds. The lowest BCUT2D eigenvalue weighted by Gasteiger charge is -2.20. The minimum atomic E-state index is 0.0213. The molecule has 0 fully saturated rings. The highest BCUT2D eigenvalue weighted by atomic mass is 127. The Kier molecular flexibility index (Phi) is 4.08. The largest absolute Gasteiger partial charge is 0.368 e. The van der Waals surface area contributed by atoms with Crippen LogP contribution in [-0.2, 0) is 12.0 Å². The molecule has 3 aromatic heterocycles. The zero-order valence-corrected chi connectivity index (χ0v) is 18.1. The number of nitrogens with one attached hydrogen (secondary N) is 2. The first-order valence-electron chi connectivity index (χ1n) is 8.91. The van der Waals surface area contributed by atoms with Crippen molar-refractivity contribution in [2.75, 3.05) is 17.6 Å². The van der Waals surface area contributed by atoms with Gasteiger partial charge in [0.25, 0.3) is 0 Å². The van der Waals surface area contributed by atoms with E-state index in [1.165, 1.54) is 16.5 Å². The highest BCUT2D eigenvalue weighted by Crippen LogP contribution is 2.40. The number of hydrogen-bond acceptors (Lipinski definition) is 5. The quantitative estimate of drug-likeness (QED) is 0.328. The maximum atomic E-state index is 4.82. The number of nitrogens with zero attached hydrogens (tertiary/aromatic N) is 4. The topological polar surface area (TPSA) is 71.4 Å². The summed E-state index contributed by atoms with van der Waals surface area (Å²) in [6, 6.07) is 8.40. The summed E-state index contributed by atoms with van der Waals surface area (Å²) in [5, 5.41) is 5.80. The van der Waals surface area contributed by atoms with Crippen molar-refractivity contribution < 1.29 is 0 Å². The van der Waals surface area contributed by atoms with E-state index < -0.39 is 0 Å². The van der Waals surface area contributed by atoms with Crippen molar-refractivity contribution in [3.05, 3.63) is 39.9 Å². The van der Waals surface area contributed by atoms with Gasteiger partial charge in [-0.05, 0) is 31.9 Å². The van der Waals surface area contributed by atoms with E-state index in [0.29, 0.717) is 0 Å². The minimum Gasteiger partial charge on any atom is -0.368 e. The summed E-state index contributed by atoms with van der Waals surface area (Å²) < 4.78 is 2.99. The summed E-state index contributed by atoms with van der Waals surface area (Å²) in [5.74, 6) is 1.84. The number of imidazole rings is 1. The Labute approximate surface area is 174 Å². The van der Waals surface area contributed by atoms with Gasteiger partial charge in [0, 0.05) is 52.0 Å². The number of H-pyrrole nitrogens is 1. The maximum absolute atomic E-state index is 4.82. The molecule has 0 radical (unpaired) electrons. The van der Waals surface area contributed by atoms with Crippen LogP contribution in [0.25, 0.3) is 22.1 Å². The molecule has 5 rings (SSSR count). The van der Waals surface area contributed by atoms with Crippen molar-refractivity contribution in [1.29, 1.82) is 0 Å². The molecule has 0 saturated carbocycles. The van der Waals surface area contributed by atoms with Gasteiger partial charge in [-0.2, -0.15) is 0 Å². The number of para-hydroxylation sites is 1. The molecule has 0 unspecified atom stereocenters.